The number of hydrogen-bond donors (Lipinski definition) is 2. The van der Waals surface area contributed by atoms with E-state index in [1.807, 2.05) is 24.3 Å². The van der Waals surface area contributed by atoms with Crippen molar-refractivity contribution in [1.82, 2.24) is 15.5 Å². The minimum atomic E-state index is -0.0378. The highest BCUT2D eigenvalue weighted by Crippen LogP contribution is 2.31. The first-order chi connectivity index (χ1) is 11.3. The van der Waals surface area contributed by atoms with Crippen molar-refractivity contribution in [1.29, 1.82) is 0 Å². The zero-order valence-electron chi connectivity index (χ0n) is 13.5. The number of piperidine rings is 1. The van der Waals surface area contributed by atoms with Gasteiger partial charge in [-0.15, -0.1) is 0 Å². The Bertz CT molecular complexity index is 577. The number of rotatable bonds is 2. The average molecular weight is 315 g/mol. The second kappa shape index (κ2) is 6.40. The minimum Gasteiger partial charge on any atom is -0.493 e. The van der Waals surface area contributed by atoms with E-state index in [0.717, 1.165) is 30.7 Å². The molecule has 5 heteroatoms. The standard InChI is InChI=1S/C18H25N3O2/c22-18(20-15-8-11-21-10-4-3-6-16(15)21)19-14-9-12-23-17-7-2-1-5-13(14)17/h1-2,5,7,14-16H,3-4,6,8-12H2,(H2,19,20,22)/t14-,15-,16-/m1/s1. The molecule has 2 N–H and O–H groups in total. The summed E-state index contributed by atoms with van der Waals surface area (Å²) in [4.78, 5) is 15.0. The molecule has 0 bridgehead atoms. The number of nitrogens with zero attached hydrogens (tertiary/aromatic N) is 1. The predicted molar refractivity (Wildman–Crippen MR) is 88.6 cm³/mol. The highest BCUT2D eigenvalue weighted by molar-refractivity contribution is 5.75. The normalized spacial score (nSPS) is 30.0. The Morgan fingerprint density at radius 2 is 2.00 bits per heavy atom. The van der Waals surface area contributed by atoms with Gasteiger partial charge in [-0.2, -0.15) is 0 Å². The molecule has 0 aromatic heterocycles. The molecule has 3 aliphatic rings. The lowest BCUT2D eigenvalue weighted by atomic mass is 9.99. The Hall–Kier alpha value is -1.75. The number of ether oxygens (including phenoxy) is 1. The molecule has 2 fully saturated rings. The van der Waals surface area contributed by atoms with Crippen LogP contribution < -0.4 is 15.4 Å². The van der Waals surface area contributed by atoms with Crippen LogP contribution in [0, 0.1) is 0 Å². The fourth-order valence-electron chi connectivity index (χ4n) is 4.28. The van der Waals surface area contributed by atoms with Crippen molar-refractivity contribution in [3.8, 4) is 5.75 Å². The number of fused-ring (bicyclic) bond motifs is 2. The molecule has 1 aromatic carbocycles. The van der Waals surface area contributed by atoms with E-state index in [1.54, 1.807) is 0 Å². The van der Waals surface area contributed by atoms with E-state index >= 15 is 0 Å². The maximum absolute atomic E-state index is 12.5. The lowest BCUT2D eigenvalue weighted by Crippen LogP contribution is -2.50. The summed E-state index contributed by atoms with van der Waals surface area (Å²) in [6.07, 6.45) is 5.70. The summed E-state index contributed by atoms with van der Waals surface area (Å²) in [5.74, 6) is 0.892. The SMILES string of the molecule is O=C(N[C@@H]1CCOc2ccccc21)N[C@@H]1CCN2CCCC[C@H]12. The number of hydrogen-bond acceptors (Lipinski definition) is 3. The summed E-state index contributed by atoms with van der Waals surface area (Å²) in [5, 5.41) is 6.37. The number of carbonyl (C=O) groups is 1. The van der Waals surface area contributed by atoms with Crippen LogP contribution in [0.1, 0.15) is 43.7 Å². The lowest BCUT2D eigenvalue weighted by molar-refractivity contribution is 0.177. The van der Waals surface area contributed by atoms with E-state index in [-0.39, 0.29) is 12.1 Å². The Balaban J connectivity index is 1.37. The molecule has 0 spiro atoms. The molecule has 0 saturated carbocycles. The number of para-hydroxylation sites is 1. The maximum atomic E-state index is 12.5. The molecule has 3 heterocycles. The van der Waals surface area contributed by atoms with Crippen LogP contribution in [0.4, 0.5) is 4.79 Å². The van der Waals surface area contributed by atoms with Crippen LogP contribution in [-0.2, 0) is 0 Å². The number of benzene rings is 1. The van der Waals surface area contributed by atoms with Gasteiger partial charge in [-0.1, -0.05) is 24.6 Å². The molecular formula is C18H25N3O2. The Morgan fingerprint density at radius 3 is 2.96 bits per heavy atom. The first-order valence-electron chi connectivity index (χ1n) is 8.84. The van der Waals surface area contributed by atoms with E-state index < -0.39 is 0 Å². The van der Waals surface area contributed by atoms with E-state index in [0.29, 0.717) is 18.7 Å². The molecule has 2 amide bonds. The van der Waals surface area contributed by atoms with Gasteiger partial charge in [0.15, 0.2) is 0 Å². The number of amides is 2. The van der Waals surface area contributed by atoms with Crippen molar-refractivity contribution >= 4 is 6.03 Å². The predicted octanol–water partition coefficient (Wildman–Crippen LogP) is 2.44. The van der Waals surface area contributed by atoms with Crippen LogP contribution in [0.5, 0.6) is 5.75 Å². The van der Waals surface area contributed by atoms with Gasteiger partial charge in [0.2, 0.25) is 0 Å². The van der Waals surface area contributed by atoms with E-state index in [9.17, 15) is 4.79 Å². The fourth-order valence-corrected chi connectivity index (χ4v) is 4.28. The molecule has 124 valence electrons. The molecule has 3 aliphatic heterocycles. The second-order valence-electron chi connectivity index (χ2n) is 6.84. The molecule has 0 aliphatic carbocycles. The zero-order valence-corrected chi connectivity index (χ0v) is 13.5. The van der Waals surface area contributed by atoms with Crippen molar-refractivity contribution in [2.75, 3.05) is 19.7 Å². The molecular weight excluding hydrogens is 290 g/mol. The van der Waals surface area contributed by atoms with E-state index in [1.165, 1.54) is 25.8 Å². The third-order valence-electron chi connectivity index (χ3n) is 5.44. The van der Waals surface area contributed by atoms with Crippen LogP contribution in [-0.4, -0.2) is 42.7 Å². The van der Waals surface area contributed by atoms with Gasteiger partial charge in [0.25, 0.3) is 0 Å². The third kappa shape index (κ3) is 3.02. The topological polar surface area (TPSA) is 53.6 Å². The van der Waals surface area contributed by atoms with Crippen molar-refractivity contribution in [3.63, 3.8) is 0 Å². The Labute approximate surface area is 137 Å². The van der Waals surface area contributed by atoms with Crippen molar-refractivity contribution in [2.45, 2.75) is 50.2 Å². The van der Waals surface area contributed by atoms with Gasteiger partial charge >= 0.3 is 6.03 Å². The molecule has 1 aromatic rings. The van der Waals surface area contributed by atoms with Crippen LogP contribution in [0.3, 0.4) is 0 Å². The highest BCUT2D eigenvalue weighted by Gasteiger charge is 2.36. The Morgan fingerprint density at radius 1 is 1.09 bits per heavy atom. The lowest BCUT2D eigenvalue weighted by Gasteiger charge is -2.33. The highest BCUT2D eigenvalue weighted by atomic mass is 16.5. The van der Waals surface area contributed by atoms with E-state index in [2.05, 4.69) is 15.5 Å². The third-order valence-corrected chi connectivity index (χ3v) is 5.44. The van der Waals surface area contributed by atoms with Crippen LogP contribution in [0.15, 0.2) is 24.3 Å². The zero-order chi connectivity index (χ0) is 15.6. The first kappa shape index (κ1) is 14.8. The summed E-state index contributed by atoms with van der Waals surface area (Å²) in [7, 11) is 0. The molecule has 0 unspecified atom stereocenters. The maximum Gasteiger partial charge on any atom is 0.315 e. The molecule has 23 heavy (non-hydrogen) atoms. The van der Waals surface area contributed by atoms with Gasteiger partial charge in [-0.3, -0.25) is 4.90 Å². The van der Waals surface area contributed by atoms with Crippen molar-refractivity contribution < 1.29 is 9.53 Å². The fraction of sp³-hybridized carbons (Fsp3) is 0.611. The van der Waals surface area contributed by atoms with Gasteiger partial charge in [-0.05, 0) is 31.9 Å². The summed E-state index contributed by atoms with van der Waals surface area (Å²) >= 11 is 0. The second-order valence-corrected chi connectivity index (χ2v) is 6.84. The van der Waals surface area contributed by atoms with Crippen molar-refractivity contribution in [3.05, 3.63) is 29.8 Å². The van der Waals surface area contributed by atoms with Gasteiger partial charge in [0, 0.05) is 30.6 Å². The van der Waals surface area contributed by atoms with Crippen LogP contribution >= 0.6 is 0 Å². The minimum absolute atomic E-state index is 0.0378. The molecule has 2 saturated heterocycles. The molecule has 5 nitrogen and oxygen atoms in total. The monoisotopic (exact) mass is 315 g/mol. The summed E-state index contributed by atoms with van der Waals surface area (Å²) in [6.45, 7) is 2.97. The first-order valence-corrected chi connectivity index (χ1v) is 8.84. The van der Waals surface area contributed by atoms with Gasteiger partial charge in [0.05, 0.1) is 12.6 Å². The Kier molecular flexibility index (Phi) is 4.12. The summed E-state index contributed by atoms with van der Waals surface area (Å²) in [6, 6.07) is 8.82. The molecule has 4 rings (SSSR count). The smallest absolute Gasteiger partial charge is 0.315 e. The summed E-state index contributed by atoms with van der Waals surface area (Å²) < 4.78 is 5.66. The number of nitrogens with one attached hydrogen (secondary N) is 2. The van der Waals surface area contributed by atoms with Crippen LogP contribution in [0.2, 0.25) is 0 Å². The number of urea groups is 1. The van der Waals surface area contributed by atoms with Gasteiger partial charge in [0.1, 0.15) is 5.75 Å². The van der Waals surface area contributed by atoms with Crippen molar-refractivity contribution in [2.24, 2.45) is 0 Å². The van der Waals surface area contributed by atoms with Crippen LogP contribution in [0.25, 0.3) is 0 Å². The molecule has 0 radical (unpaired) electrons. The summed E-state index contributed by atoms with van der Waals surface area (Å²) in [5.41, 5.74) is 1.08. The molecule has 3 atom stereocenters. The number of carbonyl (C=O) groups excluding carboxylic acids is 1. The van der Waals surface area contributed by atoms with Gasteiger partial charge in [-0.25, -0.2) is 4.79 Å². The largest absolute Gasteiger partial charge is 0.493 e. The quantitative estimate of drug-likeness (QED) is 0.881. The average Bonchev–Trinajstić information content (AvgIpc) is 2.98. The van der Waals surface area contributed by atoms with Gasteiger partial charge < -0.3 is 15.4 Å². The van der Waals surface area contributed by atoms with E-state index in [4.69, 9.17) is 4.74 Å².